The summed E-state index contributed by atoms with van der Waals surface area (Å²) >= 11 is 1.27. The predicted octanol–water partition coefficient (Wildman–Crippen LogP) is 1.67. The van der Waals surface area contributed by atoms with Gasteiger partial charge in [0, 0.05) is 25.7 Å². The summed E-state index contributed by atoms with van der Waals surface area (Å²) in [4.78, 5) is 48.9. The first-order valence-electron chi connectivity index (χ1n) is 11.8. The number of anilines is 1. The van der Waals surface area contributed by atoms with Gasteiger partial charge in [-0.1, -0.05) is 23.5 Å². The molecule has 11 heteroatoms. The fourth-order valence-corrected chi connectivity index (χ4v) is 5.15. The average molecular weight is 497 g/mol. The highest BCUT2D eigenvalue weighted by molar-refractivity contribution is 7.22. The Morgan fingerprint density at radius 3 is 2.74 bits per heavy atom. The van der Waals surface area contributed by atoms with Gasteiger partial charge < -0.3 is 20.3 Å². The number of ether oxygens (including phenoxy) is 1. The molecular weight excluding hydrogens is 468 g/mol. The van der Waals surface area contributed by atoms with Crippen LogP contribution in [0.2, 0.25) is 0 Å². The summed E-state index contributed by atoms with van der Waals surface area (Å²) in [5.41, 5.74) is 1.01. The van der Waals surface area contributed by atoms with Crippen molar-refractivity contribution < 1.29 is 14.3 Å². The van der Waals surface area contributed by atoms with Gasteiger partial charge in [-0.05, 0) is 43.4 Å². The SMILES string of the molecule is COc1ccc(CNC(=O)Cn2cnc3nc(N4CCC[C@@H](C(=O)NC5CC5)C4)sc3c2=O)cc1. The van der Waals surface area contributed by atoms with Crippen LogP contribution in [0.4, 0.5) is 5.13 Å². The normalized spacial score (nSPS) is 17.9. The Bertz CT molecular complexity index is 1280. The molecule has 2 aliphatic rings. The summed E-state index contributed by atoms with van der Waals surface area (Å²) < 4.78 is 6.85. The molecule has 3 aromatic rings. The van der Waals surface area contributed by atoms with E-state index < -0.39 is 0 Å². The predicted molar refractivity (Wildman–Crippen MR) is 133 cm³/mol. The summed E-state index contributed by atoms with van der Waals surface area (Å²) in [6, 6.07) is 7.75. The van der Waals surface area contributed by atoms with E-state index in [0.717, 1.165) is 43.5 Å². The van der Waals surface area contributed by atoms with Crippen molar-refractivity contribution in [2.24, 2.45) is 5.92 Å². The molecule has 35 heavy (non-hydrogen) atoms. The van der Waals surface area contributed by atoms with Crippen molar-refractivity contribution in [1.29, 1.82) is 0 Å². The van der Waals surface area contributed by atoms with Crippen molar-refractivity contribution in [3.8, 4) is 5.75 Å². The maximum absolute atomic E-state index is 13.0. The summed E-state index contributed by atoms with van der Waals surface area (Å²) in [5.74, 6) is 0.501. The van der Waals surface area contributed by atoms with Crippen LogP contribution in [-0.4, -0.2) is 52.6 Å². The topological polar surface area (TPSA) is 118 Å². The van der Waals surface area contributed by atoms with Gasteiger partial charge in [0.1, 0.15) is 23.3 Å². The molecule has 2 amide bonds. The highest BCUT2D eigenvalue weighted by Crippen LogP contribution is 2.30. The number of fused-ring (bicyclic) bond motifs is 1. The van der Waals surface area contributed by atoms with Crippen LogP contribution < -0.4 is 25.8 Å². The standard InChI is InChI=1S/C24H28N6O4S/c1-34-18-8-4-15(5-9-18)11-25-19(31)13-30-14-26-21-20(23(30)33)35-24(28-21)29-10-2-3-16(12-29)22(32)27-17-6-7-17/h4-5,8-9,14,16-17H,2-3,6-7,10-13H2,1H3,(H,25,31)(H,27,32)/t16-/m1/s1. The molecule has 3 heterocycles. The molecular formula is C24H28N6O4S. The Hall–Kier alpha value is -3.47. The third-order valence-electron chi connectivity index (χ3n) is 6.32. The Morgan fingerprint density at radius 1 is 1.20 bits per heavy atom. The first-order chi connectivity index (χ1) is 17.0. The number of piperidine rings is 1. The van der Waals surface area contributed by atoms with Gasteiger partial charge in [-0.2, -0.15) is 4.98 Å². The number of benzene rings is 1. The van der Waals surface area contributed by atoms with Gasteiger partial charge >= 0.3 is 0 Å². The van der Waals surface area contributed by atoms with Gasteiger partial charge in [0.25, 0.3) is 5.56 Å². The molecule has 2 aromatic heterocycles. The van der Waals surface area contributed by atoms with E-state index in [1.807, 2.05) is 24.3 Å². The monoisotopic (exact) mass is 496 g/mol. The smallest absolute Gasteiger partial charge is 0.273 e. The molecule has 1 aromatic carbocycles. The number of nitrogens with one attached hydrogen (secondary N) is 2. The van der Waals surface area contributed by atoms with E-state index in [1.165, 1.54) is 22.2 Å². The summed E-state index contributed by atoms with van der Waals surface area (Å²) in [7, 11) is 1.60. The van der Waals surface area contributed by atoms with Crippen molar-refractivity contribution in [2.75, 3.05) is 25.1 Å². The quantitative estimate of drug-likeness (QED) is 0.487. The van der Waals surface area contributed by atoms with E-state index >= 15 is 0 Å². The van der Waals surface area contributed by atoms with Gasteiger partial charge in [-0.3, -0.25) is 19.0 Å². The molecule has 1 aliphatic heterocycles. The molecule has 1 saturated carbocycles. The van der Waals surface area contributed by atoms with Gasteiger partial charge in [0.15, 0.2) is 10.8 Å². The fraction of sp³-hybridized carbons (Fsp3) is 0.458. The molecule has 2 fully saturated rings. The molecule has 0 spiro atoms. The number of methoxy groups -OCH3 is 1. The summed E-state index contributed by atoms with van der Waals surface area (Å²) in [6.07, 6.45) is 5.25. The van der Waals surface area contributed by atoms with Crippen LogP contribution in [0, 0.1) is 5.92 Å². The number of aromatic nitrogens is 3. The minimum absolute atomic E-state index is 0.0737. The lowest BCUT2D eigenvalue weighted by atomic mass is 9.97. The second-order valence-electron chi connectivity index (χ2n) is 9.02. The van der Waals surface area contributed by atoms with Crippen LogP contribution in [-0.2, 0) is 22.7 Å². The summed E-state index contributed by atoms with van der Waals surface area (Å²) in [6.45, 7) is 1.59. The molecule has 2 N–H and O–H groups in total. The maximum atomic E-state index is 13.0. The first-order valence-corrected chi connectivity index (χ1v) is 12.6. The van der Waals surface area contributed by atoms with Crippen molar-refractivity contribution in [2.45, 2.75) is 44.8 Å². The molecule has 0 unspecified atom stereocenters. The van der Waals surface area contributed by atoms with Crippen molar-refractivity contribution in [3.63, 3.8) is 0 Å². The molecule has 0 bridgehead atoms. The molecule has 10 nitrogen and oxygen atoms in total. The number of carbonyl (C=O) groups excluding carboxylic acids is 2. The minimum Gasteiger partial charge on any atom is -0.497 e. The van der Waals surface area contributed by atoms with Crippen LogP contribution in [0.3, 0.4) is 0 Å². The Labute approximate surface area is 206 Å². The zero-order chi connectivity index (χ0) is 24.4. The minimum atomic E-state index is -0.293. The fourth-order valence-electron chi connectivity index (χ4n) is 4.15. The van der Waals surface area contributed by atoms with Gasteiger partial charge in [-0.15, -0.1) is 0 Å². The molecule has 1 aliphatic carbocycles. The highest BCUT2D eigenvalue weighted by Gasteiger charge is 2.31. The van der Waals surface area contributed by atoms with Crippen LogP contribution in [0.1, 0.15) is 31.2 Å². The maximum Gasteiger partial charge on any atom is 0.273 e. The summed E-state index contributed by atoms with van der Waals surface area (Å²) in [5, 5.41) is 6.61. The molecule has 1 saturated heterocycles. The Balaban J connectivity index is 1.23. The number of carbonyl (C=O) groups is 2. The molecule has 0 radical (unpaired) electrons. The zero-order valence-corrected chi connectivity index (χ0v) is 20.3. The van der Waals surface area contributed by atoms with Crippen molar-refractivity contribution in [1.82, 2.24) is 25.2 Å². The molecule has 184 valence electrons. The second kappa shape index (κ2) is 10.0. The number of thiazole rings is 1. The average Bonchev–Trinajstić information content (AvgIpc) is 3.59. The van der Waals surface area contributed by atoms with E-state index in [0.29, 0.717) is 34.6 Å². The van der Waals surface area contributed by atoms with E-state index in [9.17, 15) is 14.4 Å². The number of rotatable bonds is 8. The van der Waals surface area contributed by atoms with Gasteiger partial charge in [0.05, 0.1) is 13.0 Å². The van der Waals surface area contributed by atoms with Crippen molar-refractivity contribution >= 4 is 38.6 Å². The lowest BCUT2D eigenvalue weighted by Crippen LogP contribution is -2.43. The third kappa shape index (κ3) is 5.45. The number of nitrogens with zero attached hydrogens (tertiary/aromatic N) is 4. The number of hydrogen-bond acceptors (Lipinski definition) is 8. The number of amides is 2. The Morgan fingerprint density at radius 2 is 2.00 bits per heavy atom. The van der Waals surface area contributed by atoms with E-state index in [1.54, 1.807) is 7.11 Å². The van der Waals surface area contributed by atoms with Crippen LogP contribution >= 0.6 is 11.3 Å². The largest absolute Gasteiger partial charge is 0.497 e. The zero-order valence-electron chi connectivity index (χ0n) is 19.5. The number of hydrogen-bond donors (Lipinski definition) is 2. The van der Waals surface area contributed by atoms with E-state index in [4.69, 9.17) is 4.74 Å². The first kappa shape index (κ1) is 23.3. The second-order valence-corrected chi connectivity index (χ2v) is 10.00. The molecule has 5 rings (SSSR count). The van der Waals surface area contributed by atoms with Crippen LogP contribution in [0.25, 0.3) is 10.3 Å². The van der Waals surface area contributed by atoms with Gasteiger partial charge in [0.2, 0.25) is 11.8 Å². The lowest BCUT2D eigenvalue weighted by Gasteiger charge is -2.31. The third-order valence-corrected chi connectivity index (χ3v) is 7.41. The van der Waals surface area contributed by atoms with Crippen LogP contribution in [0.15, 0.2) is 35.4 Å². The lowest BCUT2D eigenvalue weighted by molar-refractivity contribution is -0.125. The van der Waals surface area contributed by atoms with E-state index in [-0.39, 0.29) is 29.8 Å². The highest BCUT2D eigenvalue weighted by atomic mass is 32.1. The van der Waals surface area contributed by atoms with Gasteiger partial charge in [-0.25, -0.2) is 4.98 Å². The Kier molecular flexibility index (Phi) is 6.67. The molecule has 1 atom stereocenters. The van der Waals surface area contributed by atoms with Crippen LogP contribution in [0.5, 0.6) is 5.75 Å². The van der Waals surface area contributed by atoms with Crippen molar-refractivity contribution in [3.05, 3.63) is 46.5 Å². The van der Waals surface area contributed by atoms with E-state index in [2.05, 4.69) is 25.5 Å².